The first-order chi connectivity index (χ1) is 9.62. The van der Waals surface area contributed by atoms with Gasteiger partial charge in [-0.15, -0.1) is 0 Å². The summed E-state index contributed by atoms with van der Waals surface area (Å²) in [6.07, 6.45) is 0. The molecule has 1 aromatic heterocycles. The number of nitrogens with zero attached hydrogens (tertiary/aromatic N) is 2. The number of aromatic nitrogens is 2. The van der Waals surface area contributed by atoms with Gasteiger partial charge in [-0.05, 0) is 18.2 Å². The summed E-state index contributed by atoms with van der Waals surface area (Å²) in [4.78, 5) is 8.48. The van der Waals surface area contributed by atoms with Crippen molar-refractivity contribution in [2.75, 3.05) is 19.5 Å². The van der Waals surface area contributed by atoms with E-state index in [1.165, 1.54) is 0 Å². The summed E-state index contributed by atoms with van der Waals surface area (Å²) in [5.41, 5.74) is 0. The van der Waals surface area contributed by atoms with E-state index in [4.69, 9.17) is 32.7 Å². The number of nitrogens with one attached hydrogen (secondary N) is 1. The Morgan fingerprint density at radius 2 is 2.00 bits per heavy atom. The average Bonchev–Trinajstić information content (AvgIpc) is 2.42. The molecule has 0 aliphatic heterocycles. The molecule has 106 valence electrons. The Hall–Kier alpha value is -1.56. The van der Waals surface area contributed by atoms with Gasteiger partial charge in [-0.2, -0.15) is 4.98 Å². The molecular weight excluding hydrogens is 301 g/mol. The molecule has 0 saturated heterocycles. The topological polar surface area (TPSA) is 56.3 Å². The Morgan fingerprint density at radius 3 is 2.65 bits per heavy atom. The highest BCUT2D eigenvalue weighted by molar-refractivity contribution is 6.35. The van der Waals surface area contributed by atoms with Gasteiger partial charge in [-0.1, -0.05) is 23.2 Å². The van der Waals surface area contributed by atoms with Crippen molar-refractivity contribution in [2.24, 2.45) is 0 Å². The van der Waals surface area contributed by atoms with Crippen LogP contribution in [0.2, 0.25) is 10.0 Å². The molecule has 2 rings (SSSR count). The van der Waals surface area contributed by atoms with E-state index >= 15 is 0 Å². The average molecular weight is 314 g/mol. The molecule has 5 nitrogen and oxygen atoms in total. The van der Waals surface area contributed by atoms with Crippen molar-refractivity contribution in [2.45, 2.75) is 6.61 Å². The maximum atomic E-state index is 6.06. The zero-order valence-corrected chi connectivity index (χ0v) is 12.5. The van der Waals surface area contributed by atoms with E-state index in [1.54, 1.807) is 38.4 Å². The maximum absolute atomic E-state index is 6.06. The molecule has 2 aromatic rings. The van der Waals surface area contributed by atoms with E-state index in [-0.39, 0.29) is 0 Å². The van der Waals surface area contributed by atoms with Gasteiger partial charge in [0.1, 0.15) is 18.2 Å². The normalized spacial score (nSPS) is 10.4. The van der Waals surface area contributed by atoms with E-state index in [2.05, 4.69) is 15.3 Å². The van der Waals surface area contributed by atoms with Crippen LogP contribution in [-0.4, -0.2) is 24.1 Å². The highest BCUT2D eigenvalue weighted by Gasteiger charge is 2.08. The Bertz CT molecular complexity index is 608. The summed E-state index contributed by atoms with van der Waals surface area (Å²) in [6, 6.07) is 6.65. The minimum absolute atomic E-state index is 0.292. The van der Waals surface area contributed by atoms with E-state index in [0.717, 1.165) is 0 Å². The number of anilines is 1. The Kier molecular flexibility index (Phi) is 5.00. The van der Waals surface area contributed by atoms with Gasteiger partial charge in [0, 0.05) is 25.2 Å². The highest BCUT2D eigenvalue weighted by Crippen LogP contribution is 2.31. The molecule has 0 radical (unpaired) electrons. The number of ether oxygens (including phenoxy) is 2. The van der Waals surface area contributed by atoms with Gasteiger partial charge in [0.2, 0.25) is 5.88 Å². The molecule has 1 aromatic carbocycles. The summed E-state index contributed by atoms with van der Waals surface area (Å²) < 4.78 is 10.7. The van der Waals surface area contributed by atoms with E-state index in [9.17, 15) is 0 Å². The maximum Gasteiger partial charge on any atom is 0.224 e. The summed E-state index contributed by atoms with van der Waals surface area (Å²) in [5.74, 6) is 1.99. The minimum Gasteiger partial charge on any atom is -0.437 e. The predicted molar refractivity (Wildman–Crippen MR) is 78.8 cm³/mol. The van der Waals surface area contributed by atoms with Gasteiger partial charge in [0.05, 0.1) is 5.02 Å². The molecule has 0 aliphatic carbocycles. The zero-order chi connectivity index (χ0) is 14.5. The molecule has 0 aliphatic rings. The van der Waals surface area contributed by atoms with Gasteiger partial charge in [0.15, 0.2) is 5.82 Å². The molecule has 7 heteroatoms. The zero-order valence-electron chi connectivity index (χ0n) is 11.0. The van der Waals surface area contributed by atoms with Crippen LogP contribution in [0.1, 0.15) is 5.82 Å². The third kappa shape index (κ3) is 3.72. The molecule has 20 heavy (non-hydrogen) atoms. The second-order valence-electron chi connectivity index (χ2n) is 3.87. The Morgan fingerprint density at radius 1 is 1.20 bits per heavy atom. The first-order valence-corrected chi connectivity index (χ1v) is 6.55. The van der Waals surface area contributed by atoms with Crippen LogP contribution in [0.3, 0.4) is 0 Å². The summed E-state index contributed by atoms with van der Waals surface area (Å²) in [5, 5.41) is 3.89. The molecule has 0 bridgehead atoms. The van der Waals surface area contributed by atoms with E-state index in [0.29, 0.717) is 39.9 Å². The third-order valence-corrected chi connectivity index (χ3v) is 2.92. The summed E-state index contributed by atoms with van der Waals surface area (Å²) >= 11 is 11.9. The quantitative estimate of drug-likeness (QED) is 0.910. The predicted octanol–water partition coefficient (Wildman–Crippen LogP) is 3.76. The van der Waals surface area contributed by atoms with Crippen molar-refractivity contribution in [3.63, 3.8) is 0 Å². The summed E-state index contributed by atoms with van der Waals surface area (Å²) in [7, 11) is 3.34. The van der Waals surface area contributed by atoms with E-state index < -0.39 is 0 Å². The van der Waals surface area contributed by atoms with Gasteiger partial charge in [0.25, 0.3) is 0 Å². The molecule has 0 unspecified atom stereocenters. The van der Waals surface area contributed by atoms with Crippen LogP contribution in [0.25, 0.3) is 0 Å². The first-order valence-electron chi connectivity index (χ1n) is 5.80. The van der Waals surface area contributed by atoms with Crippen LogP contribution in [0, 0.1) is 0 Å². The number of methoxy groups -OCH3 is 1. The van der Waals surface area contributed by atoms with Crippen molar-refractivity contribution in [3.8, 4) is 11.6 Å². The second-order valence-corrected chi connectivity index (χ2v) is 4.71. The van der Waals surface area contributed by atoms with E-state index in [1.807, 2.05) is 0 Å². The van der Waals surface area contributed by atoms with Crippen LogP contribution in [0.4, 0.5) is 5.82 Å². The fourth-order valence-electron chi connectivity index (χ4n) is 1.52. The minimum atomic E-state index is 0.292. The van der Waals surface area contributed by atoms with Crippen molar-refractivity contribution in [3.05, 3.63) is 40.1 Å². The number of benzene rings is 1. The molecule has 0 atom stereocenters. The number of hydrogen-bond donors (Lipinski definition) is 1. The molecule has 0 fully saturated rings. The largest absolute Gasteiger partial charge is 0.437 e. The van der Waals surface area contributed by atoms with Crippen LogP contribution in [0.5, 0.6) is 11.6 Å². The number of halogens is 2. The van der Waals surface area contributed by atoms with Crippen molar-refractivity contribution in [1.29, 1.82) is 0 Å². The number of hydrogen-bond acceptors (Lipinski definition) is 5. The van der Waals surface area contributed by atoms with Crippen LogP contribution < -0.4 is 10.1 Å². The highest BCUT2D eigenvalue weighted by atomic mass is 35.5. The summed E-state index contributed by atoms with van der Waals surface area (Å²) in [6.45, 7) is 0.292. The second kappa shape index (κ2) is 6.74. The van der Waals surface area contributed by atoms with Gasteiger partial charge >= 0.3 is 0 Å². The fraction of sp³-hybridized carbons (Fsp3) is 0.231. The Balaban J connectivity index is 2.29. The lowest BCUT2D eigenvalue weighted by Crippen LogP contribution is -2.03. The fourth-order valence-corrected chi connectivity index (χ4v) is 1.96. The van der Waals surface area contributed by atoms with Gasteiger partial charge in [-0.3, -0.25) is 0 Å². The van der Waals surface area contributed by atoms with Gasteiger partial charge < -0.3 is 14.8 Å². The molecular formula is C13H13Cl2N3O2. The van der Waals surface area contributed by atoms with Gasteiger partial charge in [-0.25, -0.2) is 4.98 Å². The van der Waals surface area contributed by atoms with Crippen molar-refractivity contribution >= 4 is 29.0 Å². The van der Waals surface area contributed by atoms with Crippen LogP contribution >= 0.6 is 23.2 Å². The number of rotatable bonds is 5. The van der Waals surface area contributed by atoms with Crippen molar-refractivity contribution < 1.29 is 9.47 Å². The molecule has 1 heterocycles. The van der Waals surface area contributed by atoms with Crippen LogP contribution in [0.15, 0.2) is 24.3 Å². The lowest BCUT2D eigenvalue weighted by Gasteiger charge is -2.10. The lowest BCUT2D eigenvalue weighted by atomic mass is 10.3. The molecule has 1 N–H and O–H groups in total. The Labute approximate surface area is 126 Å². The standard InChI is InChI=1S/C13H13Cl2N3O2/c1-16-11-6-13(18-12(17-11)7-19-2)20-10-4-3-8(14)5-9(10)15/h3-6H,7H2,1-2H3,(H,16,17,18). The van der Waals surface area contributed by atoms with Crippen LogP contribution in [-0.2, 0) is 11.3 Å². The molecule has 0 amide bonds. The first kappa shape index (κ1) is 14.8. The monoisotopic (exact) mass is 313 g/mol. The lowest BCUT2D eigenvalue weighted by molar-refractivity contribution is 0.177. The van der Waals surface area contributed by atoms with Crippen molar-refractivity contribution in [1.82, 2.24) is 9.97 Å². The smallest absolute Gasteiger partial charge is 0.224 e. The molecule has 0 spiro atoms. The molecule has 0 saturated carbocycles. The third-order valence-electron chi connectivity index (χ3n) is 2.39. The SMILES string of the molecule is CNc1cc(Oc2ccc(Cl)cc2Cl)nc(COC)n1.